The van der Waals surface area contributed by atoms with E-state index in [-0.39, 0.29) is 42.4 Å². The Hall–Kier alpha value is -4.15. The van der Waals surface area contributed by atoms with Crippen LogP contribution in [-0.4, -0.2) is 117 Å². The van der Waals surface area contributed by atoms with Crippen LogP contribution in [0.15, 0.2) is 29.3 Å². The van der Waals surface area contributed by atoms with Crippen molar-refractivity contribution in [3.63, 3.8) is 0 Å². The number of H-pyrrole nitrogens is 1. The molecule has 2 aromatic rings. The molecule has 5 rings (SSSR count). The fourth-order valence-corrected chi connectivity index (χ4v) is 8.71. The number of amides is 5. The zero-order valence-electron chi connectivity index (χ0n) is 30.8. The van der Waals surface area contributed by atoms with E-state index < -0.39 is 65.9 Å². The number of hydrogen-bond acceptors (Lipinski definition) is 9. The number of nitrogens with zero attached hydrogens (tertiary/aromatic N) is 1. The van der Waals surface area contributed by atoms with Gasteiger partial charge in [0, 0.05) is 29.1 Å². The first kappa shape index (κ1) is 40.0. The topological polar surface area (TPSA) is 222 Å². The number of aromatic amines is 1. The normalized spacial score (nSPS) is 29.0. The van der Waals surface area contributed by atoms with Gasteiger partial charge in [0.1, 0.15) is 30.2 Å². The van der Waals surface area contributed by atoms with Crippen molar-refractivity contribution in [1.29, 1.82) is 0 Å². The molecule has 3 aliphatic rings. The van der Waals surface area contributed by atoms with Crippen LogP contribution in [0.25, 0.3) is 10.9 Å². The number of carboxylic acids is 1. The van der Waals surface area contributed by atoms with Crippen LogP contribution in [0, 0.1) is 11.8 Å². The van der Waals surface area contributed by atoms with Gasteiger partial charge in [-0.25, -0.2) is 4.79 Å². The number of hydrogen-bond donors (Lipinski definition) is 8. The lowest BCUT2D eigenvalue weighted by Gasteiger charge is -2.43. The minimum atomic E-state index is -1.52. The van der Waals surface area contributed by atoms with E-state index in [4.69, 9.17) is 0 Å². The second-order valence-electron chi connectivity index (χ2n) is 14.9. The minimum absolute atomic E-state index is 0.0219. The van der Waals surface area contributed by atoms with E-state index in [1.165, 1.54) is 13.8 Å². The molecular weight excluding hydrogens is 703 g/mol. The highest BCUT2D eigenvalue weighted by molar-refractivity contribution is 7.99. The highest BCUT2D eigenvalue weighted by Crippen LogP contribution is 2.33. The van der Waals surface area contributed by atoms with Gasteiger partial charge in [-0.15, -0.1) is 11.8 Å². The fourth-order valence-electron chi connectivity index (χ4n) is 7.60. The van der Waals surface area contributed by atoms with Crippen molar-refractivity contribution < 1.29 is 39.0 Å². The number of fused-ring (bicyclic) bond motifs is 4. The molecule has 4 heterocycles. The SMILES string of the molecule is CC(C)C[C@@H]1NC(=O)[C@@H](NC(=O)[C@@H]2CCCN3CCCC[C@H]23)Cc2c([nH]c3ccccc23)SC[C@@H](C(=O)O)NC(=O)[C@H]([C@@H](C)O)NC(=O)[C@@H](C)NC1=O. The zero-order valence-corrected chi connectivity index (χ0v) is 31.6. The van der Waals surface area contributed by atoms with Crippen molar-refractivity contribution >= 4 is 58.2 Å². The summed E-state index contributed by atoms with van der Waals surface area (Å²) < 4.78 is 0. The standard InChI is InChI=1S/C37H53N7O8S/c1-19(2)16-26-33(48)38-20(3)31(46)43-30(21(4)45)35(50)41-28(37(51)52)18-53-36-24(22-10-5-6-12-25(22)42-36)17-27(34(49)40-26)39-32(47)23-11-9-15-44-14-8-7-13-29(23)44/h5-6,10,12,19-21,23,26-30,42,45H,7-9,11,13-18H2,1-4H3,(H,38,48)(H,39,47)(H,40,49)(H,41,50)(H,43,46)(H,51,52)/t20-,21-,23-,26+,27+,28+,29-,30+/m1/s1. The quantitative estimate of drug-likeness (QED) is 0.209. The van der Waals surface area contributed by atoms with E-state index >= 15 is 0 Å². The van der Waals surface area contributed by atoms with Gasteiger partial charge in [0.05, 0.1) is 17.0 Å². The average molecular weight is 756 g/mol. The molecule has 0 saturated carbocycles. The second kappa shape index (κ2) is 17.8. The van der Waals surface area contributed by atoms with E-state index in [1.54, 1.807) is 0 Å². The van der Waals surface area contributed by atoms with Gasteiger partial charge in [0.25, 0.3) is 0 Å². The summed E-state index contributed by atoms with van der Waals surface area (Å²) in [6.45, 7) is 8.34. The molecule has 0 spiro atoms. The number of aliphatic hydroxyl groups excluding tert-OH is 1. The number of carbonyl (C=O) groups excluding carboxylic acids is 5. The Morgan fingerprint density at radius 1 is 0.925 bits per heavy atom. The van der Waals surface area contributed by atoms with Gasteiger partial charge in [0.15, 0.2) is 0 Å². The average Bonchev–Trinajstić information content (AvgIpc) is 3.46. The molecule has 3 aliphatic heterocycles. The first-order chi connectivity index (χ1) is 25.2. The molecule has 1 aromatic carbocycles. The number of nitrogens with one attached hydrogen (secondary N) is 6. The van der Waals surface area contributed by atoms with Crippen LogP contribution in [0.1, 0.15) is 71.8 Å². The van der Waals surface area contributed by atoms with Gasteiger partial charge in [-0.2, -0.15) is 0 Å². The fraction of sp³-hybridized carbons (Fsp3) is 0.622. The van der Waals surface area contributed by atoms with Crippen LogP contribution < -0.4 is 26.6 Å². The van der Waals surface area contributed by atoms with Crippen LogP contribution >= 0.6 is 11.8 Å². The smallest absolute Gasteiger partial charge is 0.327 e. The number of para-hydroxylation sites is 1. The van der Waals surface area contributed by atoms with Gasteiger partial charge in [-0.1, -0.05) is 38.5 Å². The Bertz CT molecular complexity index is 1680. The summed E-state index contributed by atoms with van der Waals surface area (Å²) in [4.78, 5) is 86.8. The monoisotopic (exact) mass is 755 g/mol. The van der Waals surface area contributed by atoms with Crippen LogP contribution in [0.4, 0.5) is 0 Å². The molecule has 290 valence electrons. The van der Waals surface area contributed by atoms with Crippen molar-refractivity contribution in [2.24, 2.45) is 11.8 Å². The lowest BCUT2D eigenvalue weighted by Crippen LogP contribution is -2.61. The molecule has 0 radical (unpaired) electrons. The van der Waals surface area contributed by atoms with E-state index in [1.807, 2.05) is 38.1 Å². The number of benzene rings is 1. The summed E-state index contributed by atoms with van der Waals surface area (Å²) >= 11 is 1.12. The third-order valence-electron chi connectivity index (χ3n) is 10.4. The van der Waals surface area contributed by atoms with E-state index in [0.717, 1.165) is 61.4 Å². The number of carboxylic acid groups (broad SMARTS) is 1. The van der Waals surface area contributed by atoms with Crippen molar-refractivity contribution in [3.05, 3.63) is 29.8 Å². The number of rotatable bonds is 6. The molecule has 1 aromatic heterocycles. The van der Waals surface area contributed by atoms with Crippen molar-refractivity contribution in [2.75, 3.05) is 18.8 Å². The molecular formula is C37H53N7O8S. The number of aliphatic hydroxyl groups is 1. The molecule has 8 N–H and O–H groups in total. The number of thioether (sulfide) groups is 1. The van der Waals surface area contributed by atoms with Gasteiger partial charge in [-0.3, -0.25) is 28.9 Å². The van der Waals surface area contributed by atoms with Crippen molar-refractivity contribution in [1.82, 2.24) is 36.5 Å². The van der Waals surface area contributed by atoms with Gasteiger partial charge in [0.2, 0.25) is 29.5 Å². The summed E-state index contributed by atoms with van der Waals surface area (Å²) in [6.07, 6.45) is 3.45. The molecule has 0 unspecified atom stereocenters. The molecule has 2 fully saturated rings. The highest BCUT2D eigenvalue weighted by Gasteiger charge is 2.40. The Kier molecular flexibility index (Phi) is 13.4. The maximum atomic E-state index is 14.4. The van der Waals surface area contributed by atoms with Gasteiger partial charge < -0.3 is 41.8 Å². The summed E-state index contributed by atoms with van der Waals surface area (Å²) in [6, 6.07) is 1.18. The lowest BCUT2D eigenvalue weighted by molar-refractivity contribution is -0.142. The summed E-state index contributed by atoms with van der Waals surface area (Å²) in [5.74, 6) is -4.97. The van der Waals surface area contributed by atoms with Crippen LogP contribution in [0.5, 0.6) is 0 Å². The Morgan fingerprint density at radius 3 is 2.38 bits per heavy atom. The molecule has 5 amide bonds. The lowest BCUT2D eigenvalue weighted by atomic mass is 9.82. The third-order valence-corrected chi connectivity index (χ3v) is 11.5. The molecule has 8 atom stereocenters. The Labute approximate surface area is 313 Å². The first-order valence-corrected chi connectivity index (χ1v) is 19.6. The molecule has 53 heavy (non-hydrogen) atoms. The molecule has 0 aliphatic carbocycles. The van der Waals surface area contributed by atoms with Crippen molar-refractivity contribution in [3.8, 4) is 0 Å². The Balaban J connectivity index is 1.54. The molecule has 16 heteroatoms. The predicted octanol–water partition coefficient (Wildman–Crippen LogP) is 1.04. The summed E-state index contributed by atoms with van der Waals surface area (Å²) in [5, 5.41) is 35.2. The molecule has 15 nitrogen and oxygen atoms in total. The van der Waals surface area contributed by atoms with Crippen LogP contribution in [0.2, 0.25) is 0 Å². The van der Waals surface area contributed by atoms with Crippen LogP contribution in [0.3, 0.4) is 0 Å². The zero-order chi connectivity index (χ0) is 38.4. The largest absolute Gasteiger partial charge is 0.480 e. The van der Waals surface area contributed by atoms with Crippen molar-refractivity contribution in [2.45, 2.75) is 120 Å². The van der Waals surface area contributed by atoms with E-state index in [0.29, 0.717) is 17.0 Å². The number of carbonyl (C=O) groups is 6. The maximum Gasteiger partial charge on any atom is 0.327 e. The highest BCUT2D eigenvalue weighted by atomic mass is 32.2. The maximum absolute atomic E-state index is 14.4. The molecule has 2 saturated heterocycles. The van der Waals surface area contributed by atoms with Crippen LogP contribution in [-0.2, 0) is 35.2 Å². The first-order valence-electron chi connectivity index (χ1n) is 18.6. The second-order valence-corrected chi connectivity index (χ2v) is 16.0. The number of piperidine rings is 2. The van der Waals surface area contributed by atoms with E-state index in [9.17, 15) is 39.0 Å². The third kappa shape index (κ3) is 9.89. The summed E-state index contributed by atoms with van der Waals surface area (Å²) in [5.41, 5.74) is 1.39. The van der Waals surface area contributed by atoms with Gasteiger partial charge >= 0.3 is 5.97 Å². The summed E-state index contributed by atoms with van der Waals surface area (Å²) in [7, 11) is 0. The van der Waals surface area contributed by atoms with E-state index in [2.05, 4.69) is 36.5 Å². The minimum Gasteiger partial charge on any atom is -0.480 e. The van der Waals surface area contributed by atoms with Gasteiger partial charge in [-0.05, 0) is 76.6 Å². The predicted molar refractivity (Wildman–Crippen MR) is 199 cm³/mol. The number of aromatic nitrogens is 1. The molecule has 0 bridgehead atoms. The number of aliphatic carboxylic acids is 1. The Morgan fingerprint density at radius 2 is 1.66 bits per heavy atom.